The van der Waals surface area contributed by atoms with Crippen LogP contribution in [0.25, 0.3) is 64.6 Å². The zero-order chi connectivity index (χ0) is 103. The minimum Gasteiger partial charge on any atom is -0.339 e. The van der Waals surface area contributed by atoms with Crippen LogP contribution >= 0.6 is 0 Å². The van der Waals surface area contributed by atoms with Crippen LogP contribution < -0.4 is 19.6 Å². The van der Waals surface area contributed by atoms with Crippen LogP contribution in [-0.4, -0.2) is 14.1 Å². The fourth-order valence-corrected chi connectivity index (χ4v) is 18.8. The minimum absolute atomic E-state index is 0.0650. The van der Waals surface area contributed by atoms with Crippen LogP contribution in [0.3, 0.4) is 0 Å². The molecule has 0 saturated carbocycles. The maximum atomic E-state index is 16.2. The monoisotopic (exact) mass is 1930 g/mol. The quantitative estimate of drug-likeness (QED) is 0.0439. The van der Waals surface area contributed by atoms with Gasteiger partial charge in [0.25, 0.3) is 0 Å². The van der Waals surface area contributed by atoms with E-state index in [1.54, 1.807) is 12.1 Å². The number of rotatable bonds is 15. The molecule has 0 radical (unpaired) electrons. The second kappa shape index (κ2) is 38.3. The highest BCUT2D eigenvalue weighted by atomic mass is 19.2. The molecule has 0 N–H and O–H groups in total. The largest absolute Gasteiger partial charge is 0.339 e. The Kier molecular flexibility index (Phi) is 27.6. The van der Waals surface area contributed by atoms with Crippen molar-refractivity contribution >= 4 is 122 Å². The van der Waals surface area contributed by atoms with E-state index in [0.29, 0.717) is 138 Å². The number of anilines is 10. The van der Waals surface area contributed by atoms with E-state index in [1.165, 1.54) is 94.4 Å². The normalized spacial score (nSPS) is 12.5. The molecular weight excluding hydrogens is 1830 g/mol. The maximum absolute atomic E-state index is 16.2. The topological polar surface area (TPSA) is 13.0 Å². The minimum atomic E-state index is -1.31. The molecule has 0 saturated heterocycles. The number of halogens is 18. The van der Waals surface area contributed by atoms with Crippen LogP contribution in [0, 0.1) is 116 Å². The third kappa shape index (κ3) is 21.1. The van der Waals surface area contributed by atoms with E-state index in [1.807, 2.05) is 168 Å². The van der Waals surface area contributed by atoms with Gasteiger partial charge in [-0.1, -0.05) is 222 Å². The summed E-state index contributed by atoms with van der Waals surface area (Å²) in [6, 6.07) is 58.2. The molecule has 17 rings (SSSR count). The molecule has 1 unspecified atom stereocenters. The van der Waals surface area contributed by atoms with Crippen molar-refractivity contribution in [2.24, 2.45) is 10.8 Å². The summed E-state index contributed by atoms with van der Waals surface area (Å²) in [6.07, 6.45) is 1.39. The highest BCUT2D eigenvalue weighted by Gasteiger charge is 2.37. The van der Waals surface area contributed by atoms with Gasteiger partial charge in [-0.05, 0) is 202 Å². The fourth-order valence-electron chi connectivity index (χ4n) is 18.8. The third-order valence-corrected chi connectivity index (χ3v) is 25.3. The lowest BCUT2D eigenvalue weighted by molar-refractivity contribution is 0.411. The third-order valence-electron chi connectivity index (χ3n) is 25.3. The molecule has 17 aromatic carbocycles. The van der Waals surface area contributed by atoms with E-state index >= 15 is 43.9 Å². The molecular formula is C119H106F18N4. The van der Waals surface area contributed by atoms with Crippen LogP contribution in [0.4, 0.5) is 136 Å². The summed E-state index contributed by atoms with van der Waals surface area (Å²) >= 11 is 0. The standard InChI is InChI=1S/C48H39F8N.C36H34F6N2.C35H33F4N/c1-47(2,3)25-26-7-17-35-36(19-26)43(42(27-8-11-29(49)12-9-27)44-38(53)21-31(51)22-39(44)54)34-18-10-28(48(4,5)6)20-37(34)45(35)57(33-15-13-30(50)14-16-33)46-40(55)23-32(52)24-41(46)56;1-35(2,3)19-9-11-23-25(13-19)31(43(7)33-27(39)15-21(37)16-28(33)40)24-12-10-20(36(4,5)6)14-26(24)32(23)44(8)34-29(41)17-22(38)18-30(34)42;1-34(2,3)20-21-7-14-28-23(15-21)16-22-8-9-24(35(4,5)6)17-29(22)32(28)40(27-12-10-25(36)11-13-27)33-30(38)18-26(37)19-31(33)39/h7-24,42H,25H2,1-6H3;9-18H,1-8H3;7-19H,20H2,1-6H3. The van der Waals surface area contributed by atoms with Gasteiger partial charge < -0.3 is 19.6 Å². The Hall–Kier alpha value is -13.8. The SMILES string of the molecule is CC(C)(C)Cc1ccc2c(N(c3ccc(F)cc3)c3c(F)cc(F)cc3F)c3cc(C(C)(C)C)ccc3c(C(c3ccc(F)cc3)c3c(F)cc(F)cc3F)c2c1.CC(C)(C)Cc1ccc2c(N(c3ccc(F)cc3)c3c(F)cc(F)cc3F)c3cc(C(C)(C)C)ccc3cc2c1.CN(c1c(F)cc(F)cc1F)c1c2ccc(C(C)(C)C)cc2c(N(C)c2c(F)cc(F)cc2F)c2ccc(C(C)(C)C)cc12. The van der Waals surface area contributed by atoms with Crippen molar-refractivity contribution in [3.63, 3.8) is 0 Å². The van der Waals surface area contributed by atoms with Gasteiger partial charge in [0.05, 0.1) is 22.7 Å². The first-order valence-electron chi connectivity index (χ1n) is 46.1. The van der Waals surface area contributed by atoms with Crippen molar-refractivity contribution in [1.82, 2.24) is 0 Å². The van der Waals surface area contributed by atoms with Crippen molar-refractivity contribution in [2.75, 3.05) is 33.7 Å². The van der Waals surface area contributed by atoms with Gasteiger partial charge in [0, 0.05) is 141 Å². The van der Waals surface area contributed by atoms with Crippen molar-refractivity contribution < 1.29 is 79.0 Å². The van der Waals surface area contributed by atoms with Crippen LogP contribution in [0.1, 0.15) is 181 Å². The number of hydrogen-bond donors (Lipinski definition) is 0. The fraction of sp³-hybridized carbons (Fsp3) is 0.244. The summed E-state index contributed by atoms with van der Waals surface area (Å²) in [5.41, 5.74) is 4.30. The Morgan fingerprint density at radius 3 is 0.844 bits per heavy atom. The number of hydrogen-bond acceptors (Lipinski definition) is 4. The lowest BCUT2D eigenvalue weighted by Crippen LogP contribution is -2.19. The highest BCUT2D eigenvalue weighted by molar-refractivity contribution is 6.23. The summed E-state index contributed by atoms with van der Waals surface area (Å²) < 4.78 is 271. The van der Waals surface area contributed by atoms with Gasteiger partial charge in [0.1, 0.15) is 80.9 Å². The predicted octanol–water partition coefficient (Wildman–Crippen LogP) is 36.5. The zero-order valence-electron chi connectivity index (χ0n) is 81.8. The molecule has 4 nitrogen and oxygen atoms in total. The van der Waals surface area contributed by atoms with Crippen molar-refractivity contribution in [3.05, 3.63) is 404 Å². The molecule has 0 spiro atoms. The van der Waals surface area contributed by atoms with E-state index in [-0.39, 0.29) is 44.0 Å². The van der Waals surface area contributed by atoms with Gasteiger partial charge in [0.15, 0.2) is 46.5 Å². The average Bonchev–Trinajstić information content (AvgIpc) is 0.713. The van der Waals surface area contributed by atoms with E-state index in [9.17, 15) is 35.1 Å². The average molecular weight is 1930 g/mol. The Morgan fingerprint density at radius 2 is 0.489 bits per heavy atom. The molecule has 0 fully saturated rings. The second-order valence-electron chi connectivity index (χ2n) is 42.7. The Balaban J connectivity index is 0.000000163. The van der Waals surface area contributed by atoms with E-state index in [2.05, 4.69) is 59.7 Å². The molecule has 0 aliphatic rings. The van der Waals surface area contributed by atoms with Gasteiger partial charge in [-0.3, -0.25) is 0 Å². The summed E-state index contributed by atoms with van der Waals surface area (Å²) in [5.74, 6) is -19.6. The molecule has 0 aliphatic heterocycles. The van der Waals surface area contributed by atoms with Crippen LogP contribution in [0.5, 0.6) is 0 Å². The molecule has 1 atom stereocenters. The molecule has 0 aliphatic carbocycles. The highest BCUT2D eigenvalue weighted by Crippen LogP contribution is 2.56. The molecule has 0 bridgehead atoms. The van der Waals surface area contributed by atoms with Crippen LogP contribution in [0.2, 0.25) is 0 Å². The van der Waals surface area contributed by atoms with Gasteiger partial charge in [0.2, 0.25) is 0 Å². The summed E-state index contributed by atoms with van der Waals surface area (Å²) in [6.45, 7) is 37.0. The zero-order valence-corrected chi connectivity index (χ0v) is 81.8. The van der Waals surface area contributed by atoms with E-state index < -0.39 is 144 Å². The lowest BCUT2D eigenvalue weighted by atomic mass is 9.77. The summed E-state index contributed by atoms with van der Waals surface area (Å²) in [4.78, 5) is 5.41. The van der Waals surface area contributed by atoms with Crippen LogP contribution in [0.15, 0.2) is 249 Å². The molecule has 0 aromatic heterocycles. The number of benzene rings is 17. The molecule has 0 amide bonds. The lowest BCUT2D eigenvalue weighted by Gasteiger charge is -2.32. The molecule has 22 heteroatoms. The first-order valence-corrected chi connectivity index (χ1v) is 46.1. The molecule has 728 valence electrons. The van der Waals surface area contributed by atoms with E-state index in [0.717, 1.165) is 73.5 Å². The van der Waals surface area contributed by atoms with Crippen molar-refractivity contribution in [2.45, 2.75) is 165 Å². The van der Waals surface area contributed by atoms with Crippen molar-refractivity contribution in [1.29, 1.82) is 0 Å². The Bertz CT molecular complexity index is 7490. The second-order valence-corrected chi connectivity index (χ2v) is 42.7. The molecule has 17 aromatic rings. The maximum Gasteiger partial charge on any atom is 0.153 e. The first kappa shape index (κ1) is 102. The van der Waals surface area contributed by atoms with Gasteiger partial charge in [-0.15, -0.1) is 0 Å². The predicted molar refractivity (Wildman–Crippen MR) is 537 cm³/mol. The number of nitrogens with zero attached hydrogens (tertiary/aromatic N) is 4. The van der Waals surface area contributed by atoms with Crippen LogP contribution in [-0.2, 0) is 34.5 Å². The summed E-state index contributed by atoms with van der Waals surface area (Å²) in [5, 5.41) is 7.04. The van der Waals surface area contributed by atoms with E-state index in [4.69, 9.17) is 0 Å². The van der Waals surface area contributed by atoms with Gasteiger partial charge in [-0.2, -0.15) is 0 Å². The Labute approximate surface area is 809 Å². The molecule has 141 heavy (non-hydrogen) atoms. The smallest absolute Gasteiger partial charge is 0.153 e. The van der Waals surface area contributed by atoms with Gasteiger partial charge in [-0.25, -0.2) is 79.0 Å². The number of fused-ring (bicyclic) bond motifs is 6. The Morgan fingerprint density at radius 1 is 0.206 bits per heavy atom. The first-order chi connectivity index (χ1) is 65.9. The van der Waals surface area contributed by atoms with Gasteiger partial charge >= 0.3 is 0 Å². The van der Waals surface area contributed by atoms with Crippen molar-refractivity contribution in [3.8, 4) is 0 Å². The summed E-state index contributed by atoms with van der Waals surface area (Å²) in [7, 11) is 3.00. The molecule has 0 heterocycles.